The molecule has 0 aromatic heterocycles. The Morgan fingerprint density at radius 2 is 1.50 bits per heavy atom. The van der Waals surface area contributed by atoms with Gasteiger partial charge in [-0.2, -0.15) is 0 Å². The number of halogens is 1. The van der Waals surface area contributed by atoms with E-state index in [1.54, 1.807) is 17.0 Å². The highest BCUT2D eigenvalue weighted by Gasteiger charge is 2.35. The van der Waals surface area contributed by atoms with E-state index in [1.807, 2.05) is 0 Å². The summed E-state index contributed by atoms with van der Waals surface area (Å²) in [6.45, 7) is 1.97. The molecule has 0 unspecified atom stereocenters. The molecule has 1 aliphatic carbocycles. The first-order valence-corrected chi connectivity index (χ1v) is 11.0. The number of carbonyl (C=O) groups excluding carboxylic acids is 2. The average Bonchev–Trinajstić information content (AvgIpc) is 2.78. The topological polar surface area (TPSA) is 40.6 Å². The van der Waals surface area contributed by atoms with Crippen LogP contribution in [0.3, 0.4) is 0 Å². The van der Waals surface area contributed by atoms with Crippen molar-refractivity contribution in [1.29, 1.82) is 0 Å². The number of anilines is 1. The number of benzene rings is 1. The quantitative estimate of drug-likeness (QED) is 0.714. The summed E-state index contributed by atoms with van der Waals surface area (Å²) in [6, 6.07) is 5.57. The molecule has 28 heavy (non-hydrogen) atoms. The Balaban J connectivity index is 1.48. The molecule has 3 aliphatic rings. The lowest BCUT2D eigenvalue weighted by atomic mass is 9.93. The second-order valence-electron chi connectivity index (χ2n) is 8.66. The number of hydrogen-bond acceptors (Lipinski definition) is 3. The molecular formula is C23H31FN2O2. The number of fused-ring (bicyclic) bond motifs is 1. The van der Waals surface area contributed by atoms with Gasteiger partial charge in [-0.15, -0.1) is 0 Å². The van der Waals surface area contributed by atoms with Gasteiger partial charge in [0.05, 0.1) is 12.1 Å². The molecule has 1 aromatic carbocycles. The van der Waals surface area contributed by atoms with Crippen LogP contribution < -0.4 is 4.90 Å². The van der Waals surface area contributed by atoms with Gasteiger partial charge in [-0.25, -0.2) is 4.39 Å². The number of ketones is 1. The van der Waals surface area contributed by atoms with Gasteiger partial charge in [-0.05, 0) is 37.8 Å². The molecule has 1 saturated heterocycles. The van der Waals surface area contributed by atoms with Gasteiger partial charge in [0.15, 0.2) is 0 Å². The molecule has 4 rings (SSSR count). The van der Waals surface area contributed by atoms with E-state index in [0.717, 1.165) is 25.9 Å². The molecule has 1 amide bonds. The van der Waals surface area contributed by atoms with E-state index in [9.17, 15) is 14.0 Å². The smallest absolute Gasteiger partial charge is 0.234 e. The molecule has 152 valence electrons. The zero-order valence-corrected chi connectivity index (χ0v) is 16.7. The zero-order valence-electron chi connectivity index (χ0n) is 16.7. The van der Waals surface area contributed by atoms with Crippen LogP contribution in [0, 0.1) is 5.82 Å². The summed E-state index contributed by atoms with van der Waals surface area (Å²) in [5.41, 5.74) is 1.00. The summed E-state index contributed by atoms with van der Waals surface area (Å²) in [5.74, 6) is -0.734. The second kappa shape index (κ2) is 8.73. The molecule has 4 nitrogen and oxygen atoms in total. The normalized spacial score (nSPS) is 23.8. The largest absolute Gasteiger partial charge is 0.308 e. The van der Waals surface area contributed by atoms with Crippen LogP contribution in [0.15, 0.2) is 18.2 Å². The molecule has 2 aliphatic heterocycles. The fraction of sp³-hybridized carbons (Fsp3) is 0.652. The molecule has 0 bridgehead atoms. The van der Waals surface area contributed by atoms with Crippen LogP contribution in [0.4, 0.5) is 10.1 Å². The third-order valence-corrected chi connectivity index (χ3v) is 6.80. The summed E-state index contributed by atoms with van der Waals surface area (Å²) >= 11 is 0. The Morgan fingerprint density at radius 1 is 0.821 bits per heavy atom. The van der Waals surface area contributed by atoms with Crippen molar-refractivity contribution in [2.75, 3.05) is 18.0 Å². The maximum absolute atomic E-state index is 14.4. The van der Waals surface area contributed by atoms with Crippen molar-refractivity contribution in [3.05, 3.63) is 29.6 Å². The molecule has 2 fully saturated rings. The number of likely N-dealkylation sites (tertiary alicyclic amines) is 1. The maximum atomic E-state index is 14.4. The first-order valence-electron chi connectivity index (χ1n) is 11.0. The van der Waals surface area contributed by atoms with Gasteiger partial charge in [0, 0.05) is 37.2 Å². The van der Waals surface area contributed by atoms with Crippen molar-refractivity contribution in [1.82, 2.24) is 4.90 Å². The van der Waals surface area contributed by atoms with Gasteiger partial charge < -0.3 is 9.80 Å². The predicted molar refractivity (Wildman–Crippen MR) is 108 cm³/mol. The Kier molecular flexibility index (Phi) is 6.10. The zero-order chi connectivity index (χ0) is 19.5. The van der Waals surface area contributed by atoms with Crippen LogP contribution in [0.1, 0.15) is 69.8 Å². The number of amides is 1. The third-order valence-electron chi connectivity index (χ3n) is 6.80. The number of hydrogen-bond donors (Lipinski definition) is 0. The molecule has 1 saturated carbocycles. The van der Waals surface area contributed by atoms with Crippen molar-refractivity contribution in [3.63, 3.8) is 0 Å². The Labute approximate surface area is 167 Å². The van der Waals surface area contributed by atoms with Crippen molar-refractivity contribution in [2.24, 2.45) is 0 Å². The van der Waals surface area contributed by atoms with Crippen LogP contribution in [0.2, 0.25) is 0 Å². The Bertz CT molecular complexity index is 719. The molecule has 1 aromatic rings. The highest BCUT2D eigenvalue weighted by molar-refractivity contribution is 6.09. The van der Waals surface area contributed by atoms with Gasteiger partial charge in [0.25, 0.3) is 0 Å². The van der Waals surface area contributed by atoms with E-state index in [1.165, 1.54) is 51.0 Å². The first-order chi connectivity index (χ1) is 13.6. The summed E-state index contributed by atoms with van der Waals surface area (Å²) in [7, 11) is 0. The lowest BCUT2D eigenvalue weighted by molar-refractivity contribution is -0.126. The highest BCUT2D eigenvalue weighted by atomic mass is 19.1. The number of carbonyl (C=O) groups is 2. The fourth-order valence-electron chi connectivity index (χ4n) is 5.31. The SMILES string of the molecule is O=C1CC(=O)N(C2CCN(C3CCCCCCC3)CC2)c2cccc(F)c2C1. The van der Waals surface area contributed by atoms with E-state index in [0.29, 0.717) is 17.3 Å². The van der Waals surface area contributed by atoms with Gasteiger partial charge in [-0.1, -0.05) is 38.2 Å². The van der Waals surface area contributed by atoms with E-state index < -0.39 is 0 Å². The van der Waals surface area contributed by atoms with Crippen LogP contribution >= 0.6 is 0 Å². The van der Waals surface area contributed by atoms with Crippen LogP contribution in [-0.2, 0) is 16.0 Å². The molecule has 0 atom stereocenters. The summed E-state index contributed by atoms with van der Waals surface area (Å²) < 4.78 is 14.4. The van der Waals surface area contributed by atoms with E-state index >= 15 is 0 Å². The minimum absolute atomic E-state index is 0.0190. The number of nitrogens with zero attached hydrogens (tertiary/aromatic N) is 2. The second-order valence-corrected chi connectivity index (χ2v) is 8.66. The minimum Gasteiger partial charge on any atom is -0.308 e. The lowest BCUT2D eigenvalue weighted by Crippen LogP contribution is -2.50. The minimum atomic E-state index is -0.377. The monoisotopic (exact) mass is 386 g/mol. The Morgan fingerprint density at radius 3 is 2.21 bits per heavy atom. The molecule has 0 radical (unpaired) electrons. The Hall–Kier alpha value is -1.75. The number of rotatable bonds is 2. The van der Waals surface area contributed by atoms with Crippen molar-refractivity contribution < 1.29 is 14.0 Å². The third kappa shape index (κ3) is 4.14. The average molecular weight is 387 g/mol. The summed E-state index contributed by atoms with van der Waals surface area (Å²) in [6.07, 6.45) is 11.0. The standard InChI is InChI=1S/C23H31FN2O2/c24-21-9-6-10-22-20(21)15-19(27)16-23(28)26(22)18-11-13-25(14-12-18)17-7-4-2-1-3-5-8-17/h6,9-10,17-18H,1-5,7-8,11-16H2. The highest BCUT2D eigenvalue weighted by Crippen LogP contribution is 2.33. The van der Waals surface area contributed by atoms with Crippen LogP contribution in [0.25, 0.3) is 0 Å². The molecule has 0 spiro atoms. The maximum Gasteiger partial charge on any atom is 0.234 e. The molecular weight excluding hydrogens is 355 g/mol. The lowest BCUT2D eigenvalue weighted by Gasteiger charge is -2.42. The summed E-state index contributed by atoms with van der Waals surface area (Å²) in [5, 5.41) is 0. The molecule has 2 heterocycles. The molecule has 0 N–H and O–H groups in total. The summed E-state index contributed by atoms with van der Waals surface area (Å²) in [4.78, 5) is 29.3. The van der Waals surface area contributed by atoms with Crippen LogP contribution in [-0.4, -0.2) is 41.8 Å². The van der Waals surface area contributed by atoms with E-state index in [2.05, 4.69) is 4.90 Å². The number of Topliss-reactive ketones (excluding diaryl/α,β-unsaturated/α-hetero) is 1. The first kappa shape index (κ1) is 19.6. The van der Waals surface area contributed by atoms with Gasteiger partial charge in [0.1, 0.15) is 11.6 Å². The fourth-order valence-corrected chi connectivity index (χ4v) is 5.31. The van der Waals surface area contributed by atoms with Crippen molar-refractivity contribution in [3.8, 4) is 0 Å². The van der Waals surface area contributed by atoms with Crippen molar-refractivity contribution >= 4 is 17.4 Å². The van der Waals surface area contributed by atoms with Gasteiger partial charge >= 0.3 is 0 Å². The van der Waals surface area contributed by atoms with Gasteiger partial charge in [0.2, 0.25) is 5.91 Å². The van der Waals surface area contributed by atoms with E-state index in [-0.39, 0.29) is 36.4 Å². The van der Waals surface area contributed by atoms with Gasteiger partial charge in [-0.3, -0.25) is 9.59 Å². The molecule has 5 heteroatoms. The predicted octanol–water partition coefficient (Wildman–Crippen LogP) is 4.25. The van der Waals surface area contributed by atoms with Crippen molar-refractivity contribution in [2.45, 2.75) is 82.7 Å². The van der Waals surface area contributed by atoms with E-state index in [4.69, 9.17) is 0 Å². The number of piperidine rings is 1. The van der Waals surface area contributed by atoms with Crippen LogP contribution in [0.5, 0.6) is 0 Å².